The second kappa shape index (κ2) is 2.59. The van der Waals surface area contributed by atoms with E-state index in [4.69, 9.17) is 0 Å². The van der Waals surface area contributed by atoms with Crippen molar-refractivity contribution in [3.05, 3.63) is 18.2 Å². The van der Waals surface area contributed by atoms with Gasteiger partial charge in [0.25, 0.3) is 0 Å². The Morgan fingerprint density at radius 2 is 2.14 bits per heavy atom. The van der Waals surface area contributed by atoms with Gasteiger partial charge in [-0.3, -0.25) is 4.79 Å². The molecule has 2 rings (SSSR count). The Hall–Kier alpha value is -1.33. The normalized spacial score (nSPS) is 19.4. The molecule has 0 radical (unpaired) electrons. The topological polar surface area (TPSA) is 34.9 Å². The third-order valence-corrected chi connectivity index (χ3v) is 2.50. The van der Waals surface area contributed by atoms with Crippen LogP contribution in [0.1, 0.15) is 23.3 Å². The summed E-state index contributed by atoms with van der Waals surface area (Å²) in [6, 6.07) is 0. The zero-order valence-electron chi connectivity index (χ0n) is 7.08. The number of hydrogen-bond donors (Lipinski definition) is 0. The molecule has 0 aliphatic heterocycles. The molecule has 0 bridgehead atoms. The van der Waals surface area contributed by atoms with Crippen LogP contribution < -0.4 is 0 Å². The summed E-state index contributed by atoms with van der Waals surface area (Å²) < 4.78 is 38.7. The predicted octanol–water partition coefficient (Wildman–Crippen LogP) is 1.75. The number of halogens is 3. The molecule has 1 heterocycles. The molecular formula is C8H7F3N2O. The summed E-state index contributed by atoms with van der Waals surface area (Å²) in [5.74, 6) is 0. The Labute approximate surface area is 77.5 Å². The molecular weight excluding hydrogens is 197 g/mol. The summed E-state index contributed by atoms with van der Waals surface area (Å²) in [6.45, 7) is 0. The van der Waals surface area contributed by atoms with Gasteiger partial charge >= 0.3 is 6.18 Å². The zero-order chi connectivity index (χ0) is 10.4. The van der Waals surface area contributed by atoms with Gasteiger partial charge < -0.3 is 4.57 Å². The fraction of sp³-hybridized carbons (Fsp3) is 0.500. The lowest BCUT2D eigenvalue weighted by Gasteiger charge is -2.21. The first-order chi connectivity index (χ1) is 6.51. The molecule has 0 N–H and O–H groups in total. The third kappa shape index (κ3) is 1.06. The quantitative estimate of drug-likeness (QED) is 0.688. The van der Waals surface area contributed by atoms with Crippen molar-refractivity contribution in [3.63, 3.8) is 0 Å². The molecule has 1 aromatic heterocycles. The van der Waals surface area contributed by atoms with Crippen molar-refractivity contribution < 1.29 is 18.0 Å². The molecule has 1 saturated carbocycles. The fourth-order valence-electron chi connectivity index (χ4n) is 1.53. The van der Waals surface area contributed by atoms with Crippen LogP contribution in [0, 0.1) is 0 Å². The van der Waals surface area contributed by atoms with Crippen LogP contribution in [-0.4, -0.2) is 22.0 Å². The second-order valence-corrected chi connectivity index (χ2v) is 3.34. The van der Waals surface area contributed by atoms with Gasteiger partial charge in [-0.15, -0.1) is 0 Å². The highest BCUT2D eigenvalue weighted by Crippen LogP contribution is 2.55. The minimum atomic E-state index is -4.31. The van der Waals surface area contributed by atoms with E-state index in [2.05, 4.69) is 4.98 Å². The summed E-state index contributed by atoms with van der Waals surface area (Å²) in [4.78, 5) is 14.0. The van der Waals surface area contributed by atoms with Gasteiger partial charge in [0.15, 0.2) is 6.29 Å². The van der Waals surface area contributed by atoms with Gasteiger partial charge in [-0.1, -0.05) is 0 Å². The van der Waals surface area contributed by atoms with Crippen molar-refractivity contribution in [3.8, 4) is 0 Å². The summed E-state index contributed by atoms with van der Waals surface area (Å²) in [7, 11) is 0. The fourth-order valence-corrected chi connectivity index (χ4v) is 1.53. The highest BCUT2D eigenvalue weighted by atomic mass is 19.4. The molecule has 0 spiro atoms. The van der Waals surface area contributed by atoms with E-state index in [0.717, 1.165) is 17.1 Å². The Kier molecular flexibility index (Phi) is 1.71. The molecule has 0 atom stereocenters. The number of carbonyl (C=O) groups is 1. The molecule has 76 valence electrons. The summed E-state index contributed by atoms with van der Waals surface area (Å²) in [6.07, 6.45) is -1.69. The first-order valence-electron chi connectivity index (χ1n) is 4.06. The van der Waals surface area contributed by atoms with Crippen molar-refractivity contribution >= 4 is 6.29 Å². The largest absolute Gasteiger partial charge is 0.411 e. The molecule has 3 nitrogen and oxygen atoms in total. The van der Waals surface area contributed by atoms with Crippen molar-refractivity contribution in [1.82, 2.24) is 9.55 Å². The molecule has 1 fully saturated rings. The van der Waals surface area contributed by atoms with Crippen LogP contribution in [0.3, 0.4) is 0 Å². The molecule has 14 heavy (non-hydrogen) atoms. The Balaban J connectivity index is 2.45. The van der Waals surface area contributed by atoms with Gasteiger partial charge in [-0.2, -0.15) is 13.2 Å². The number of carbonyl (C=O) groups excluding carboxylic acids is 1. The van der Waals surface area contributed by atoms with Crippen LogP contribution in [0.5, 0.6) is 0 Å². The Bertz CT molecular complexity index is 365. The molecule has 0 saturated heterocycles. The maximum Gasteiger partial charge on any atom is 0.411 e. The number of rotatable bonds is 2. The number of hydrogen-bond acceptors (Lipinski definition) is 2. The highest BCUT2D eigenvalue weighted by molar-refractivity contribution is 5.72. The monoisotopic (exact) mass is 204 g/mol. The van der Waals surface area contributed by atoms with Crippen molar-refractivity contribution in [2.75, 3.05) is 0 Å². The van der Waals surface area contributed by atoms with E-state index >= 15 is 0 Å². The van der Waals surface area contributed by atoms with E-state index in [1.807, 2.05) is 0 Å². The number of aromatic nitrogens is 2. The van der Waals surface area contributed by atoms with E-state index < -0.39 is 11.7 Å². The van der Waals surface area contributed by atoms with E-state index in [-0.39, 0.29) is 18.5 Å². The van der Waals surface area contributed by atoms with Crippen molar-refractivity contribution in [1.29, 1.82) is 0 Å². The average molecular weight is 204 g/mol. The maximum atomic E-state index is 12.6. The Morgan fingerprint density at radius 3 is 2.57 bits per heavy atom. The first kappa shape index (κ1) is 9.23. The van der Waals surface area contributed by atoms with E-state index in [1.54, 1.807) is 0 Å². The molecule has 6 heteroatoms. The van der Waals surface area contributed by atoms with Crippen LogP contribution in [-0.2, 0) is 5.54 Å². The van der Waals surface area contributed by atoms with E-state index in [0.29, 0.717) is 6.29 Å². The molecule has 0 aromatic carbocycles. The minimum Gasteiger partial charge on any atom is -0.313 e. The summed E-state index contributed by atoms with van der Waals surface area (Å²) in [5.41, 5.74) is -1.90. The molecule has 1 aliphatic carbocycles. The van der Waals surface area contributed by atoms with Gasteiger partial charge in [0, 0.05) is 0 Å². The number of aldehydes is 1. The Morgan fingerprint density at radius 1 is 1.50 bits per heavy atom. The van der Waals surface area contributed by atoms with Crippen molar-refractivity contribution in [2.45, 2.75) is 24.6 Å². The smallest absolute Gasteiger partial charge is 0.313 e. The van der Waals surface area contributed by atoms with Gasteiger partial charge in [0.05, 0.1) is 12.5 Å². The molecule has 0 amide bonds. The van der Waals surface area contributed by atoms with Crippen LogP contribution in [0.2, 0.25) is 0 Å². The van der Waals surface area contributed by atoms with Crippen LogP contribution in [0.25, 0.3) is 0 Å². The average Bonchev–Trinajstić information content (AvgIpc) is 2.78. The van der Waals surface area contributed by atoms with Crippen molar-refractivity contribution in [2.24, 2.45) is 0 Å². The first-order valence-corrected chi connectivity index (χ1v) is 4.06. The zero-order valence-corrected chi connectivity index (χ0v) is 7.08. The summed E-state index contributed by atoms with van der Waals surface area (Å²) >= 11 is 0. The number of alkyl halides is 3. The van der Waals surface area contributed by atoms with Gasteiger partial charge in [-0.25, -0.2) is 4.98 Å². The van der Waals surface area contributed by atoms with E-state index in [9.17, 15) is 18.0 Å². The lowest BCUT2D eigenvalue weighted by molar-refractivity contribution is -0.180. The van der Waals surface area contributed by atoms with Crippen LogP contribution in [0.15, 0.2) is 12.5 Å². The SMILES string of the molecule is O=Cc1cncn1C1(C(F)(F)F)CC1. The molecule has 1 aliphatic rings. The van der Waals surface area contributed by atoms with Gasteiger partial charge in [-0.05, 0) is 12.8 Å². The van der Waals surface area contributed by atoms with Gasteiger partial charge in [0.2, 0.25) is 0 Å². The number of nitrogens with zero attached hydrogens (tertiary/aromatic N) is 2. The van der Waals surface area contributed by atoms with Gasteiger partial charge in [0.1, 0.15) is 11.2 Å². The van der Waals surface area contributed by atoms with Crippen LogP contribution >= 0.6 is 0 Å². The van der Waals surface area contributed by atoms with E-state index in [1.165, 1.54) is 0 Å². The molecule has 0 unspecified atom stereocenters. The van der Waals surface area contributed by atoms with Crippen LogP contribution in [0.4, 0.5) is 13.2 Å². The predicted molar refractivity (Wildman–Crippen MR) is 40.9 cm³/mol. The lowest BCUT2D eigenvalue weighted by Crippen LogP contribution is -2.35. The maximum absolute atomic E-state index is 12.6. The lowest BCUT2D eigenvalue weighted by atomic mass is 10.2. The number of imidazole rings is 1. The second-order valence-electron chi connectivity index (χ2n) is 3.34. The standard InChI is InChI=1S/C8H7F3N2O/c9-8(10,11)7(1-2-7)13-5-12-3-6(13)4-14/h3-5H,1-2H2. The summed E-state index contributed by atoms with van der Waals surface area (Å²) in [5, 5.41) is 0. The minimum absolute atomic E-state index is 0.0215. The molecule has 1 aromatic rings. The third-order valence-electron chi connectivity index (χ3n) is 2.50. The highest BCUT2D eigenvalue weighted by Gasteiger charge is 2.65.